The lowest BCUT2D eigenvalue weighted by Gasteiger charge is -2.09. The van der Waals surface area contributed by atoms with E-state index in [1.165, 1.54) is 39.7 Å². The topological polar surface area (TPSA) is 116 Å². The molecule has 0 rings (SSSR count). The van der Waals surface area contributed by atoms with Gasteiger partial charge < -0.3 is 20.6 Å². The summed E-state index contributed by atoms with van der Waals surface area (Å²) in [5, 5.41) is 2.14. The number of Topliss-reactive ketones (excluding diaryl/α,β-unsaturated/α-hetero) is 1. The molecule has 0 fully saturated rings. The fourth-order valence-corrected chi connectivity index (χ4v) is 1.44. The summed E-state index contributed by atoms with van der Waals surface area (Å²) in [6, 6.07) is -0.840. The summed E-state index contributed by atoms with van der Waals surface area (Å²) in [4.78, 5) is 42.1. The molecule has 1 amide bonds. The van der Waals surface area contributed by atoms with Gasteiger partial charge in [0.15, 0.2) is 0 Å². The number of ketones is 1. The first-order valence-electron chi connectivity index (χ1n) is 8.49. The number of nitrogens with one attached hydrogen (secondary N) is 1. The average Bonchev–Trinajstić information content (AvgIpc) is 2.62. The molecule has 0 spiro atoms. The predicted molar refractivity (Wildman–Crippen MR) is 98.7 cm³/mol. The highest BCUT2D eigenvalue weighted by Crippen LogP contribution is 2.02. The summed E-state index contributed by atoms with van der Waals surface area (Å²) in [5.74, 6) is -2.26. The van der Waals surface area contributed by atoms with Gasteiger partial charge in [-0.2, -0.15) is 0 Å². The van der Waals surface area contributed by atoms with E-state index < -0.39 is 23.7 Å². The van der Waals surface area contributed by atoms with Crippen molar-refractivity contribution in [1.82, 2.24) is 5.32 Å². The second-order valence-electron chi connectivity index (χ2n) is 4.72. The number of hydrogen-bond donors (Lipinski definition) is 2. The Morgan fingerprint density at radius 2 is 1.71 bits per heavy atom. The van der Waals surface area contributed by atoms with Crippen LogP contribution in [0.2, 0.25) is 0 Å². The van der Waals surface area contributed by atoms with Gasteiger partial charge >= 0.3 is 5.97 Å². The third kappa shape index (κ3) is 18.3. The van der Waals surface area contributed by atoms with Crippen molar-refractivity contribution in [3.05, 3.63) is 0 Å². The molecule has 0 unspecified atom stereocenters. The Morgan fingerprint density at radius 3 is 2.12 bits per heavy atom. The van der Waals surface area contributed by atoms with E-state index in [9.17, 15) is 19.2 Å². The van der Waals surface area contributed by atoms with E-state index in [1.54, 1.807) is 0 Å². The number of aldehydes is 1. The average molecular weight is 351 g/mol. The molecule has 0 aromatic carbocycles. The largest absolute Gasteiger partial charge is 0.467 e. The molecule has 0 radical (unpaired) electrons. The molecule has 0 saturated heterocycles. The first-order valence-corrected chi connectivity index (χ1v) is 8.49. The fourth-order valence-electron chi connectivity index (χ4n) is 1.44. The van der Waals surface area contributed by atoms with Gasteiger partial charge in [0.05, 0.1) is 13.7 Å². The van der Waals surface area contributed by atoms with E-state index in [1.807, 2.05) is 13.8 Å². The van der Waals surface area contributed by atoms with Crippen molar-refractivity contribution in [3.8, 4) is 0 Å². The molecule has 146 valence electrons. The van der Waals surface area contributed by atoms with Crippen LogP contribution in [0.25, 0.3) is 0 Å². The number of methoxy groups -OCH3 is 1. The van der Waals surface area contributed by atoms with Crippen molar-refractivity contribution < 1.29 is 26.8 Å². The first kappa shape index (κ1) is 27.1. The molecular weight excluding hydrogens is 312 g/mol. The lowest BCUT2D eigenvalue weighted by molar-refractivity contribution is -0.145. The number of hydrogen-bond acceptors (Lipinski definition) is 6. The Kier molecular flexibility index (Phi) is 24.0. The molecule has 1 atom stereocenters. The van der Waals surface area contributed by atoms with Crippen LogP contribution in [0.1, 0.15) is 69.1 Å². The Hall–Kier alpha value is -1.76. The molecule has 0 aliphatic carbocycles. The smallest absolute Gasteiger partial charge is 0.328 e. The lowest BCUT2D eigenvalue weighted by atomic mass is 10.1. The third-order valence-corrected chi connectivity index (χ3v) is 2.77. The zero-order valence-electron chi connectivity index (χ0n) is 15.7. The summed E-state index contributed by atoms with van der Waals surface area (Å²) < 4.78 is 4.33. The molecule has 0 saturated carbocycles. The molecule has 7 nitrogen and oxygen atoms in total. The van der Waals surface area contributed by atoms with E-state index in [4.69, 9.17) is 5.73 Å². The summed E-state index contributed by atoms with van der Waals surface area (Å²) in [6.07, 6.45) is 7.97. The van der Waals surface area contributed by atoms with Crippen molar-refractivity contribution in [2.24, 2.45) is 5.73 Å². The van der Waals surface area contributed by atoms with Crippen molar-refractivity contribution in [2.75, 3.05) is 13.7 Å². The Bertz CT molecular complexity index is 356. The SMILES string of the molecule is CC.CCCCCCCC=O.COC(=O)[C@H](C)NC(=O)C(=O)CN.[HH].[HH]. The monoisotopic (exact) mass is 350 g/mol. The summed E-state index contributed by atoms with van der Waals surface area (Å²) >= 11 is 0. The van der Waals surface area contributed by atoms with Gasteiger partial charge in [0.1, 0.15) is 12.3 Å². The van der Waals surface area contributed by atoms with Crippen LogP contribution in [0.15, 0.2) is 0 Å². The van der Waals surface area contributed by atoms with Crippen molar-refractivity contribution in [1.29, 1.82) is 0 Å². The summed E-state index contributed by atoms with van der Waals surface area (Å²) in [5.41, 5.74) is 4.93. The Labute approximate surface area is 148 Å². The highest BCUT2D eigenvalue weighted by molar-refractivity contribution is 6.37. The zero-order chi connectivity index (χ0) is 19.4. The van der Waals surface area contributed by atoms with Gasteiger partial charge in [-0.05, 0) is 13.3 Å². The van der Waals surface area contributed by atoms with Gasteiger partial charge in [0.2, 0.25) is 5.78 Å². The minimum Gasteiger partial charge on any atom is -0.467 e. The summed E-state index contributed by atoms with van der Waals surface area (Å²) in [7, 11) is 1.19. The van der Waals surface area contributed by atoms with Gasteiger partial charge in [-0.1, -0.05) is 46.5 Å². The number of amides is 1. The van der Waals surface area contributed by atoms with Gasteiger partial charge in [0.25, 0.3) is 5.91 Å². The lowest BCUT2D eigenvalue weighted by Crippen LogP contribution is -2.44. The highest BCUT2D eigenvalue weighted by atomic mass is 16.5. The van der Waals surface area contributed by atoms with Crippen LogP contribution in [-0.4, -0.2) is 43.6 Å². The van der Waals surface area contributed by atoms with Crippen LogP contribution >= 0.6 is 0 Å². The minimum atomic E-state index is -0.875. The number of ether oxygens (including phenoxy) is 1. The van der Waals surface area contributed by atoms with Crippen LogP contribution in [0.3, 0.4) is 0 Å². The molecule has 7 heteroatoms. The molecule has 24 heavy (non-hydrogen) atoms. The van der Waals surface area contributed by atoms with E-state index in [-0.39, 0.29) is 9.40 Å². The predicted octanol–water partition coefficient (Wildman–Crippen LogP) is 2.26. The normalized spacial score (nSPS) is 10.1. The molecule has 0 aromatic rings. The number of rotatable bonds is 10. The number of unbranched alkanes of at least 4 members (excludes halogenated alkanes) is 5. The summed E-state index contributed by atoms with van der Waals surface area (Å²) in [6.45, 7) is 7.23. The van der Waals surface area contributed by atoms with Gasteiger partial charge in [-0.15, -0.1) is 0 Å². The third-order valence-electron chi connectivity index (χ3n) is 2.77. The van der Waals surface area contributed by atoms with Crippen molar-refractivity contribution in [3.63, 3.8) is 0 Å². The quantitative estimate of drug-likeness (QED) is 0.270. The maximum Gasteiger partial charge on any atom is 0.328 e. The van der Waals surface area contributed by atoms with Crippen molar-refractivity contribution in [2.45, 2.75) is 72.3 Å². The van der Waals surface area contributed by atoms with Crippen LogP contribution in [0, 0.1) is 0 Å². The van der Waals surface area contributed by atoms with Crippen LogP contribution in [0.5, 0.6) is 0 Å². The maximum absolute atomic E-state index is 10.9. The minimum absolute atomic E-state index is 0. The second-order valence-corrected chi connectivity index (χ2v) is 4.72. The van der Waals surface area contributed by atoms with E-state index in [0.717, 1.165) is 19.1 Å². The number of nitrogens with two attached hydrogens (primary N) is 1. The van der Waals surface area contributed by atoms with Gasteiger partial charge in [0, 0.05) is 9.27 Å². The Morgan fingerprint density at radius 1 is 1.17 bits per heavy atom. The Balaban J connectivity index is -0.000000100. The molecule has 3 N–H and O–H groups in total. The van der Waals surface area contributed by atoms with E-state index in [2.05, 4.69) is 17.0 Å². The molecule has 0 aromatic heterocycles. The first-order chi connectivity index (χ1) is 11.4. The standard InChI is InChI=1S/C8H16O.C7H12N2O4.C2H6.2H2/c1-2-3-4-5-6-7-8-9;1-4(7(12)13-2)9-6(11)5(10)3-8;1-2;;/h8H,2-7H2,1H3;4H,3,8H2,1-2H3,(H,9,11);1-2H3;2*1H/t;4-;;;/m.0.../s1. The molecule has 0 heterocycles. The van der Waals surface area contributed by atoms with E-state index >= 15 is 0 Å². The zero-order valence-corrected chi connectivity index (χ0v) is 15.7. The second kappa shape index (κ2) is 21.2. The number of esters is 1. The highest BCUT2D eigenvalue weighted by Gasteiger charge is 2.19. The van der Waals surface area contributed by atoms with Gasteiger partial charge in [-0.25, -0.2) is 4.79 Å². The van der Waals surface area contributed by atoms with Crippen LogP contribution < -0.4 is 11.1 Å². The molecule has 0 aliphatic rings. The van der Waals surface area contributed by atoms with Crippen molar-refractivity contribution >= 4 is 23.9 Å². The maximum atomic E-state index is 10.9. The van der Waals surface area contributed by atoms with E-state index in [0.29, 0.717) is 0 Å². The molecular formula is C17H38N2O5. The van der Waals surface area contributed by atoms with Crippen LogP contribution in [-0.2, 0) is 23.9 Å². The molecule has 0 bridgehead atoms. The number of carbonyl (C=O) groups excluding carboxylic acids is 4. The van der Waals surface area contributed by atoms with Crippen LogP contribution in [0.4, 0.5) is 0 Å². The van der Waals surface area contributed by atoms with Gasteiger partial charge in [-0.3, -0.25) is 9.59 Å². The molecule has 0 aliphatic heterocycles. The number of carbonyl (C=O) groups is 4. The fraction of sp³-hybridized carbons (Fsp3) is 0.765.